The van der Waals surface area contributed by atoms with Crippen LogP contribution in [0.2, 0.25) is 0 Å². The number of halogens is 1. The molecule has 1 aromatic carbocycles. The third-order valence-corrected chi connectivity index (χ3v) is 2.09. The van der Waals surface area contributed by atoms with E-state index in [9.17, 15) is 9.18 Å². The number of rotatable bonds is 4. The Bertz CT molecular complexity index is 394. The number of hydrogen-bond acceptors (Lipinski definition) is 3. The highest BCUT2D eigenvalue weighted by atomic mass is 19.1. The molecular formula is C11H15FN2O2. The van der Waals surface area contributed by atoms with Crippen molar-refractivity contribution in [1.82, 2.24) is 5.32 Å². The predicted molar refractivity (Wildman–Crippen MR) is 58.3 cm³/mol. The molecule has 0 fully saturated rings. The van der Waals surface area contributed by atoms with Crippen molar-refractivity contribution in [1.29, 1.82) is 0 Å². The molecule has 0 aromatic heterocycles. The number of amides is 1. The molecule has 0 heterocycles. The van der Waals surface area contributed by atoms with Gasteiger partial charge in [0.15, 0.2) is 11.6 Å². The number of nitrogens with one attached hydrogen (secondary N) is 1. The molecule has 1 rings (SSSR count). The van der Waals surface area contributed by atoms with E-state index in [1.165, 1.54) is 12.1 Å². The van der Waals surface area contributed by atoms with E-state index >= 15 is 0 Å². The van der Waals surface area contributed by atoms with Crippen LogP contribution in [-0.2, 0) is 4.79 Å². The molecule has 0 aliphatic carbocycles. The molecule has 4 N–H and O–H groups in total. The fourth-order valence-electron chi connectivity index (χ4n) is 1.38. The van der Waals surface area contributed by atoms with Crippen LogP contribution in [-0.4, -0.2) is 17.1 Å². The number of carbonyl (C=O) groups is 1. The summed E-state index contributed by atoms with van der Waals surface area (Å²) in [6, 6.07) is 3.04. The Morgan fingerprint density at radius 2 is 2.12 bits per heavy atom. The number of benzene rings is 1. The van der Waals surface area contributed by atoms with E-state index < -0.39 is 23.5 Å². The molecule has 88 valence electrons. The van der Waals surface area contributed by atoms with Gasteiger partial charge in [0.2, 0.25) is 5.91 Å². The number of phenolic OH excluding ortho intramolecular Hbond substituents is 1. The molecule has 0 bridgehead atoms. The first-order valence-electron chi connectivity index (χ1n) is 4.95. The number of hydrogen-bond donors (Lipinski definition) is 3. The Kier molecular flexibility index (Phi) is 3.84. The van der Waals surface area contributed by atoms with Crippen LogP contribution in [0, 0.1) is 5.82 Å². The smallest absolute Gasteiger partial charge is 0.239 e. The second-order valence-electron chi connectivity index (χ2n) is 3.87. The highest BCUT2D eigenvalue weighted by Gasteiger charge is 2.19. The van der Waals surface area contributed by atoms with E-state index in [-0.39, 0.29) is 6.04 Å². The second kappa shape index (κ2) is 4.94. The van der Waals surface area contributed by atoms with E-state index in [0.717, 1.165) is 6.07 Å². The van der Waals surface area contributed by atoms with Crippen molar-refractivity contribution in [2.75, 3.05) is 0 Å². The topological polar surface area (TPSA) is 75.3 Å². The maximum Gasteiger partial charge on any atom is 0.239 e. The molecule has 0 saturated heterocycles. The lowest BCUT2D eigenvalue weighted by molar-refractivity contribution is -0.120. The first-order valence-corrected chi connectivity index (χ1v) is 4.95. The van der Waals surface area contributed by atoms with Gasteiger partial charge in [-0.05, 0) is 31.5 Å². The first kappa shape index (κ1) is 12.4. The quantitative estimate of drug-likeness (QED) is 0.718. The fraction of sp³-hybridized carbons (Fsp3) is 0.364. The van der Waals surface area contributed by atoms with Crippen molar-refractivity contribution in [2.45, 2.75) is 25.9 Å². The van der Waals surface area contributed by atoms with Gasteiger partial charge in [0.1, 0.15) is 6.04 Å². The standard InChI is InChI=1S/C11H15FN2O2/c1-6(2)14-10(11(13)16)7-3-4-9(15)8(12)5-7/h3-6,10,14-15H,1-2H3,(H2,13,16). The molecule has 1 amide bonds. The summed E-state index contributed by atoms with van der Waals surface area (Å²) in [7, 11) is 0. The minimum absolute atomic E-state index is 0.0364. The molecular weight excluding hydrogens is 211 g/mol. The average molecular weight is 226 g/mol. The van der Waals surface area contributed by atoms with Crippen LogP contribution in [0.15, 0.2) is 18.2 Å². The Labute approximate surface area is 93.3 Å². The van der Waals surface area contributed by atoms with Crippen LogP contribution in [0.3, 0.4) is 0 Å². The highest BCUT2D eigenvalue weighted by molar-refractivity contribution is 5.81. The maximum atomic E-state index is 13.1. The lowest BCUT2D eigenvalue weighted by Crippen LogP contribution is -2.37. The summed E-state index contributed by atoms with van der Waals surface area (Å²) in [5, 5.41) is 12.0. The summed E-state index contributed by atoms with van der Waals surface area (Å²) in [4.78, 5) is 11.2. The third kappa shape index (κ3) is 2.93. The SMILES string of the molecule is CC(C)NC(C(N)=O)c1ccc(O)c(F)c1. The molecule has 16 heavy (non-hydrogen) atoms. The van der Waals surface area contributed by atoms with Crippen LogP contribution >= 0.6 is 0 Å². The monoisotopic (exact) mass is 226 g/mol. The fourth-order valence-corrected chi connectivity index (χ4v) is 1.38. The van der Waals surface area contributed by atoms with Crippen molar-refractivity contribution >= 4 is 5.91 Å². The van der Waals surface area contributed by atoms with Gasteiger partial charge in [-0.1, -0.05) is 6.07 Å². The van der Waals surface area contributed by atoms with Gasteiger partial charge in [-0.2, -0.15) is 0 Å². The average Bonchev–Trinajstić information content (AvgIpc) is 2.18. The van der Waals surface area contributed by atoms with Gasteiger partial charge in [0, 0.05) is 6.04 Å². The lowest BCUT2D eigenvalue weighted by Gasteiger charge is -2.18. The molecule has 5 heteroatoms. The zero-order valence-electron chi connectivity index (χ0n) is 9.20. The second-order valence-corrected chi connectivity index (χ2v) is 3.87. The Morgan fingerprint density at radius 3 is 2.56 bits per heavy atom. The number of aromatic hydroxyl groups is 1. The molecule has 0 radical (unpaired) electrons. The highest BCUT2D eigenvalue weighted by Crippen LogP contribution is 2.21. The lowest BCUT2D eigenvalue weighted by atomic mass is 10.1. The minimum Gasteiger partial charge on any atom is -0.505 e. The number of phenols is 1. The molecule has 4 nitrogen and oxygen atoms in total. The van der Waals surface area contributed by atoms with Gasteiger partial charge in [0.05, 0.1) is 0 Å². The van der Waals surface area contributed by atoms with E-state index in [4.69, 9.17) is 10.8 Å². The van der Waals surface area contributed by atoms with E-state index in [2.05, 4.69) is 5.32 Å². The molecule has 0 aliphatic rings. The summed E-state index contributed by atoms with van der Waals surface area (Å²) in [5.74, 6) is -1.80. The molecule has 0 saturated carbocycles. The summed E-state index contributed by atoms with van der Waals surface area (Å²) in [6.45, 7) is 3.71. The molecule has 1 unspecified atom stereocenters. The zero-order chi connectivity index (χ0) is 12.3. The Morgan fingerprint density at radius 1 is 1.50 bits per heavy atom. The number of nitrogens with two attached hydrogens (primary N) is 1. The van der Waals surface area contributed by atoms with Crippen molar-refractivity contribution in [3.8, 4) is 5.75 Å². The minimum atomic E-state index is -0.769. The first-order chi connectivity index (χ1) is 7.41. The van der Waals surface area contributed by atoms with Crippen molar-refractivity contribution in [2.24, 2.45) is 5.73 Å². The summed E-state index contributed by atoms with van der Waals surface area (Å²) < 4.78 is 13.1. The molecule has 1 aromatic rings. The normalized spacial score (nSPS) is 12.8. The van der Waals surface area contributed by atoms with E-state index in [1.54, 1.807) is 0 Å². The van der Waals surface area contributed by atoms with Crippen molar-refractivity contribution in [3.05, 3.63) is 29.6 Å². The molecule has 0 aliphatic heterocycles. The predicted octanol–water partition coefficient (Wildman–Crippen LogP) is 1.06. The van der Waals surface area contributed by atoms with Gasteiger partial charge in [-0.25, -0.2) is 4.39 Å². The summed E-state index contributed by atoms with van der Waals surface area (Å²) >= 11 is 0. The number of primary amides is 1. The Balaban J connectivity index is 3.01. The van der Waals surface area contributed by atoms with Crippen LogP contribution in [0.25, 0.3) is 0 Å². The third-order valence-electron chi connectivity index (χ3n) is 2.09. The van der Waals surface area contributed by atoms with Crippen molar-refractivity contribution < 1.29 is 14.3 Å². The van der Waals surface area contributed by atoms with Crippen LogP contribution in [0.5, 0.6) is 5.75 Å². The van der Waals surface area contributed by atoms with Crippen LogP contribution in [0.1, 0.15) is 25.5 Å². The van der Waals surface area contributed by atoms with Gasteiger partial charge in [-0.3, -0.25) is 10.1 Å². The van der Waals surface area contributed by atoms with Gasteiger partial charge < -0.3 is 10.8 Å². The summed E-state index contributed by atoms with van der Waals surface area (Å²) in [6.07, 6.45) is 0. The van der Waals surface area contributed by atoms with Gasteiger partial charge in [0.25, 0.3) is 0 Å². The Hall–Kier alpha value is -1.62. The zero-order valence-corrected chi connectivity index (χ0v) is 9.20. The van der Waals surface area contributed by atoms with E-state index in [0.29, 0.717) is 5.56 Å². The number of carbonyl (C=O) groups excluding carboxylic acids is 1. The van der Waals surface area contributed by atoms with Gasteiger partial charge >= 0.3 is 0 Å². The summed E-state index contributed by atoms with van der Waals surface area (Å²) in [5.41, 5.74) is 5.62. The maximum absolute atomic E-state index is 13.1. The molecule has 1 atom stereocenters. The van der Waals surface area contributed by atoms with Crippen LogP contribution in [0.4, 0.5) is 4.39 Å². The largest absolute Gasteiger partial charge is 0.505 e. The van der Waals surface area contributed by atoms with Crippen LogP contribution < -0.4 is 11.1 Å². The van der Waals surface area contributed by atoms with E-state index in [1.807, 2.05) is 13.8 Å². The van der Waals surface area contributed by atoms with Crippen molar-refractivity contribution in [3.63, 3.8) is 0 Å². The molecule has 0 spiro atoms. The van der Waals surface area contributed by atoms with Gasteiger partial charge in [-0.15, -0.1) is 0 Å².